The van der Waals surface area contributed by atoms with Crippen molar-refractivity contribution in [2.24, 2.45) is 0 Å². The van der Waals surface area contributed by atoms with Gasteiger partial charge in [0.25, 0.3) is 7.82 Å². The van der Waals surface area contributed by atoms with Gasteiger partial charge in [-0.25, -0.2) is 0 Å². The lowest BCUT2D eigenvalue weighted by molar-refractivity contribution is -0.870. The van der Waals surface area contributed by atoms with Gasteiger partial charge >= 0.3 is 11.9 Å². The maximum absolute atomic E-state index is 12.8. The zero-order valence-electron chi connectivity index (χ0n) is 52.9. The highest BCUT2D eigenvalue weighted by Crippen LogP contribution is 2.38. The molecule has 82 heavy (non-hydrogen) atoms. The van der Waals surface area contributed by atoms with Crippen LogP contribution in [0.1, 0.15) is 245 Å². The highest BCUT2D eigenvalue weighted by molar-refractivity contribution is 7.45. The standard InChI is InChI=1S/C72H120NO8P/c1-6-8-10-12-14-16-18-20-22-24-26-28-30-32-33-34-35-36-37-38-39-41-43-45-47-49-51-53-55-57-59-61-63-65-72(75)81-70(69-80-82(76,77)79-67-66-73(3,4)5)68-78-71(74)64-62-60-58-56-54-52-50-48-46-44-42-40-31-29-27-25-23-21-19-17-15-13-11-9-7-2/h8-11,14-17,20-23,26-29,32-33,35-36,38-39,43,45,70H,6-7,12-13,18-19,24-25,30-31,34,37,40-42,44,46-69H2,1-5H3/b10-8-,11-9-,16-14-,17-15-,22-20-,23-21-,28-26-,29-27-,33-32-,36-35-,39-38-,45-43-. The third-order valence-corrected chi connectivity index (χ3v) is 14.3. The molecule has 0 aliphatic heterocycles. The highest BCUT2D eigenvalue weighted by atomic mass is 31.2. The van der Waals surface area contributed by atoms with Crippen molar-refractivity contribution in [2.45, 2.75) is 251 Å². The van der Waals surface area contributed by atoms with E-state index in [-0.39, 0.29) is 26.1 Å². The Bertz CT molecular complexity index is 1890. The van der Waals surface area contributed by atoms with E-state index in [9.17, 15) is 19.0 Å². The summed E-state index contributed by atoms with van der Waals surface area (Å²) in [6.07, 6.45) is 90.4. The summed E-state index contributed by atoms with van der Waals surface area (Å²) in [5, 5.41) is 0. The second kappa shape index (κ2) is 61.5. The monoisotopic (exact) mass is 1160 g/mol. The molecule has 0 bridgehead atoms. The van der Waals surface area contributed by atoms with Crippen LogP contribution in [0.4, 0.5) is 0 Å². The largest absolute Gasteiger partial charge is 0.756 e. The number of nitrogens with zero attached hydrogens (tertiary/aromatic N) is 1. The number of esters is 2. The van der Waals surface area contributed by atoms with Gasteiger partial charge in [-0.2, -0.15) is 0 Å². The molecular weight excluding hydrogens is 1040 g/mol. The molecule has 9 nitrogen and oxygen atoms in total. The Hall–Kier alpha value is -4.11. The number of likely N-dealkylation sites (N-methyl/N-ethyl adjacent to an activating group) is 1. The summed E-state index contributed by atoms with van der Waals surface area (Å²) in [4.78, 5) is 38.0. The third kappa shape index (κ3) is 65.0. The molecule has 0 N–H and O–H groups in total. The zero-order chi connectivity index (χ0) is 59.8. The Morgan fingerprint density at radius 2 is 0.659 bits per heavy atom. The van der Waals surface area contributed by atoms with Crippen LogP contribution in [0.5, 0.6) is 0 Å². The highest BCUT2D eigenvalue weighted by Gasteiger charge is 2.22. The summed E-state index contributed by atoms with van der Waals surface area (Å²) < 4.78 is 34.2. The predicted octanol–water partition coefficient (Wildman–Crippen LogP) is 20.4. The zero-order valence-corrected chi connectivity index (χ0v) is 53.8. The molecule has 0 saturated heterocycles. The van der Waals surface area contributed by atoms with Crippen LogP contribution in [0.3, 0.4) is 0 Å². The van der Waals surface area contributed by atoms with E-state index < -0.39 is 32.5 Å². The number of carbonyl (C=O) groups excluding carboxylic acids is 2. The summed E-state index contributed by atoms with van der Waals surface area (Å²) in [6, 6.07) is 0. The van der Waals surface area contributed by atoms with Crippen LogP contribution in [0.25, 0.3) is 0 Å². The molecule has 0 spiro atoms. The van der Waals surface area contributed by atoms with E-state index in [0.29, 0.717) is 17.4 Å². The number of quaternary nitrogens is 1. The molecule has 2 atom stereocenters. The average molecular weight is 1160 g/mol. The predicted molar refractivity (Wildman–Crippen MR) is 350 cm³/mol. The van der Waals surface area contributed by atoms with E-state index in [4.69, 9.17) is 18.5 Å². The molecule has 0 amide bonds. The van der Waals surface area contributed by atoms with Crippen molar-refractivity contribution in [2.75, 3.05) is 47.5 Å². The molecule has 0 heterocycles. The Kier molecular flexibility index (Phi) is 58.4. The van der Waals surface area contributed by atoms with Crippen LogP contribution in [0, 0.1) is 0 Å². The van der Waals surface area contributed by atoms with Crippen molar-refractivity contribution in [3.63, 3.8) is 0 Å². The summed E-state index contributed by atoms with van der Waals surface area (Å²) in [5.41, 5.74) is 0. The molecule has 0 aliphatic rings. The number of rotatable bonds is 58. The normalized spacial score (nSPS) is 14.2. The maximum atomic E-state index is 12.8. The first-order valence-electron chi connectivity index (χ1n) is 32.5. The molecule has 0 fully saturated rings. The molecule has 0 aromatic heterocycles. The lowest BCUT2D eigenvalue weighted by Gasteiger charge is -2.28. The van der Waals surface area contributed by atoms with Crippen LogP contribution >= 0.6 is 7.82 Å². The van der Waals surface area contributed by atoms with Crippen LogP contribution in [-0.4, -0.2) is 70.0 Å². The Morgan fingerprint density at radius 3 is 0.976 bits per heavy atom. The van der Waals surface area contributed by atoms with E-state index in [0.717, 1.165) is 128 Å². The molecule has 0 aliphatic carbocycles. The minimum absolute atomic E-state index is 0.0403. The van der Waals surface area contributed by atoms with Gasteiger partial charge in [0.15, 0.2) is 6.10 Å². The van der Waals surface area contributed by atoms with E-state index in [1.807, 2.05) is 21.1 Å². The van der Waals surface area contributed by atoms with Crippen molar-refractivity contribution in [3.05, 3.63) is 146 Å². The first-order chi connectivity index (χ1) is 40.0. The van der Waals surface area contributed by atoms with Crippen LogP contribution in [0.2, 0.25) is 0 Å². The van der Waals surface area contributed by atoms with Gasteiger partial charge in [0.05, 0.1) is 27.7 Å². The molecule has 0 aromatic carbocycles. The Balaban J connectivity index is 4.17. The number of phosphoric ester groups is 1. The van der Waals surface area contributed by atoms with E-state index in [1.54, 1.807) is 0 Å². The molecule has 10 heteroatoms. The van der Waals surface area contributed by atoms with Gasteiger partial charge in [-0.05, 0) is 116 Å². The van der Waals surface area contributed by atoms with Gasteiger partial charge in [-0.3, -0.25) is 14.2 Å². The first-order valence-corrected chi connectivity index (χ1v) is 34.0. The fourth-order valence-electron chi connectivity index (χ4n) is 8.43. The van der Waals surface area contributed by atoms with Crippen LogP contribution in [-0.2, 0) is 32.7 Å². The second-order valence-corrected chi connectivity index (χ2v) is 23.8. The minimum Gasteiger partial charge on any atom is -0.756 e. The molecule has 0 aromatic rings. The van der Waals surface area contributed by atoms with Crippen LogP contribution in [0.15, 0.2) is 146 Å². The number of hydrogen-bond acceptors (Lipinski definition) is 8. The summed E-state index contributed by atoms with van der Waals surface area (Å²) >= 11 is 0. The molecule has 466 valence electrons. The Labute approximate surface area is 503 Å². The molecule has 0 rings (SSSR count). The lowest BCUT2D eigenvalue weighted by Crippen LogP contribution is -2.37. The number of carbonyl (C=O) groups is 2. The number of unbranched alkanes of at least 4 members (excludes halogenated alkanes) is 20. The fraction of sp³-hybridized carbons (Fsp3) is 0.639. The smallest absolute Gasteiger partial charge is 0.306 e. The number of phosphoric acid groups is 1. The van der Waals surface area contributed by atoms with E-state index in [1.165, 1.54) is 83.5 Å². The lowest BCUT2D eigenvalue weighted by atomic mass is 10.0. The van der Waals surface area contributed by atoms with Crippen molar-refractivity contribution in [3.8, 4) is 0 Å². The topological polar surface area (TPSA) is 111 Å². The summed E-state index contributed by atoms with van der Waals surface area (Å²) in [6.45, 7) is 4.00. The third-order valence-electron chi connectivity index (χ3n) is 13.4. The summed E-state index contributed by atoms with van der Waals surface area (Å²) in [5.74, 6) is -0.852. The van der Waals surface area contributed by atoms with Gasteiger partial charge < -0.3 is 27.9 Å². The van der Waals surface area contributed by atoms with Gasteiger partial charge in [0, 0.05) is 12.8 Å². The summed E-state index contributed by atoms with van der Waals surface area (Å²) in [7, 11) is 1.14. The fourth-order valence-corrected chi connectivity index (χ4v) is 9.16. The van der Waals surface area contributed by atoms with Crippen molar-refractivity contribution in [1.29, 1.82) is 0 Å². The quantitative estimate of drug-likeness (QED) is 0.0195. The molecule has 2 unspecified atom stereocenters. The van der Waals surface area contributed by atoms with E-state index in [2.05, 4.69) is 160 Å². The number of hydrogen-bond donors (Lipinski definition) is 0. The Morgan fingerprint density at radius 1 is 0.378 bits per heavy atom. The van der Waals surface area contributed by atoms with Gasteiger partial charge in [-0.15, -0.1) is 0 Å². The average Bonchev–Trinajstić information content (AvgIpc) is 3.46. The second-order valence-electron chi connectivity index (χ2n) is 22.4. The van der Waals surface area contributed by atoms with Crippen molar-refractivity contribution < 1.29 is 42.1 Å². The number of allylic oxidation sites excluding steroid dienone is 24. The minimum atomic E-state index is -4.65. The van der Waals surface area contributed by atoms with Gasteiger partial charge in [-0.1, -0.05) is 262 Å². The first kappa shape index (κ1) is 77.9. The van der Waals surface area contributed by atoms with Gasteiger partial charge in [0.2, 0.25) is 0 Å². The molecule has 0 saturated carbocycles. The van der Waals surface area contributed by atoms with Gasteiger partial charge in [0.1, 0.15) is 19.8 Å². The van der Waals surface area contributed by atoms with Crippen molar-refractivity contribution in [1.82, 2.24) is 0 Å². The van der Waals surface area contributed by atoms with Crippen LogP contribution < -0.4 is 4.89 Å². The number of ether oxygens (including phenoxy) is 2. The maximum Gasteiger partial charge on any atom is 0.306 e. The molecule has 0 radical (unpaired) electrons. The van der Waals surface area contributed by atoms with E-state index >= 15 is 0 Å². The molecular formula is C72H120NO8P. The SMILES string of the molecule is CC/C=C\C/C=C\C/C=C\C/C=C\C/C=C\C/C=C\C/C=C\C/C=C\CCCCCCCCCCC(=O)OC(COC(=O)CCCCCCCCCCCCCC/C=C\C/C=C\C/C=C\C/C=C\CC)COP(=O)([O-])OCC[N+](C)(C)C. The van der Waals surface area contributed by atoms with Crippen molar-refractivity contribution >= 4 is 19.8 Å².